The normalized spacial score (nSPS) is 10.5. The van der Waals surface area contributed by atoms with E-state index in [1.807, 2.05) is 25.2 Å². The molecule has 0 spiro atoms. The third-order valence-electron chi connectivity index (χ3n) is 2.72. The summed E-state index contributed by atoms with van der Waals surface area (Å²) in [6.45, 7) is 0. The SMILES string of the molecule is CNc1cc(Br)ccc1Br.CS(=O)(=O)c1ccc(C=O)c(F)c1. The first kappa shape index (κ1) is 19.8. The summed E-state index contributed by atoms with van der Waals surface area (Å²) in [7, 11) is -1.51. The van der Waals surface area contributed by atoms with E-state index < -0.39 is 15.7 Å². The first-order chi connectivity index (χ1) is 10.7. The van der Waals surface area contributed by atoms with Crippen LogP contribution in [0.15, 0.2) is 50.2 Å². The van der Waals surface area contributed by atoms with Crippen LogP contribution in [0.3, 0.4) is 0 Å². The molecule has 0 radical (unpaired) electrons. The van der Waals surface area contributed by atoms with Gasteiger partial charge in [0.25, 0.3) is 0 Å². The number of anilines is 1. The maximum Gasteiger partial charge on any atom is 0.175 e. The Morgan fingerprint density at radius 3 is 2.22 bits per heavy atom. The molecule has 0 bridgehead atoms. The fourth-order valence-corrected chi connectivity index (χ4v) is 2.96. The van der Waals surface area contributed by atoms with Gasteiger partial charge in [0.1, 0.15) is 5.82 Å². The number of nitrogens with one attached hydrogen (secondary N) is 1. The van der Waals surface area contributed by atoms with Crippen LogP contribution in [0.4, 0.5) is 10.1 Å². The van der Waals surface area contributed by atoms with Gasteiger partial charge in [-0.15, -0.1) is 0 Å². The van der Waals surface area contributed by atoms with Crippen molar-refractivity contribution >= 4 is 53.7 Å². The Balaban J connectivity index is 0.000000238. The molecule has 0 atom stereocenters. The van der Waals surface area contributed by atoms with E-state index in [0.29, 0.717) is 6.29 Å². The van der Waals surface area contributed by atoms with Gasteiger partial charge in [-0.1, -0.05) is 15.9 Å². The highest BCUT2D eigenvalue weighted by Gasteiger charge is 2.10. The van der Waals surface area contributed by atoms with Crippen LogP contribution in [-0.4, -0.2) is 28.0 Å². The quantitative estimate of drug-likeness (QED) is 0.685. The lowest BCUT2D eigenvalue weighted by Crippen LogP contribution is -1.99. The van der Waals surface area contributed by atoms with Gasteiger partial charge >= 0.3 is 0 Å². The molecular weight excluding hydrogens is 453 g/mol. The second kappa shape index (κ2) is 8.56. The van der Waals surface area contributed by atoms with Gasteiger partial charge in [-0.3, -0.25) is 4.79 Å². The Hall–Kier alpha value is -1.25. The molecule has 4 nitrogen and oxygen atoms in total. The number of benzene rings is 2. The van der Waals surface area contributed by atoms with Gasteiger partial charge in [-0.05, 0) is 52.3 Å². The first-order valence-electron chi connectivity index (χ1n) is 6.26. The predicted molar refractivity (Wildman–Crippen MR) is 96.3 cm³/mol. The van der Waals surface area contributed by atoms with Crippen molar-refractivity contribution in [1.82, 2.24) is 0 Å². The molecule has 0 aromatic heterocycles. The number of halogens is 3. The first-order valence-corrected chi connectivity index (χ1v) is 9.74. The van der Waals surface area contributed by atoms with Crippen molar-refractivity contribution in [3.63, 3.8) is 0 Å². The Labute approximate surface area is 151 Å². The van der Waals surface area contributed by atoms with Gasteiger partial charge in [0.05, 0.1) is 10.5 Å². The molecule has 2 aromatic rings. The second-order valence-corrected chi connectivity index (χ2v) is 8.23. The molecule has 8 heteroatoms. The van der Waals surface area contributed by atoms with E-state index in [1.165, 1.54) is 6.07 Å². The summed E-state index contributed by atoms with van der Waals surface area (Å²) < 4.78 is 36.9. The van der Waals surface area contributed by atoms with E-state index in [0.717, 1.165) is 33.0 Å². The van der Waals surface area contributed by atoms with Crippen LogP contribution >= 0.6 is 31.9 Å². The van der Waals surface area contributed by atoms with Crippen LogP contribution in [0, 0.1) is 5.82 Å². The standard InChI is InChI=1S/C8H7FO3S.C7H7Br2N/c1-13(11,12)7-3-2-6(5-10)8(9)4-7;1-10-7-4-5(8)2-3-6(7)9/h2-5H,1H3;2-4,10H,1H3. The van der Waals surface area contributed by atoms with Gasteiger partial charge in [0, 0.05) is 27.9 Å². The molecule has 23 heavy (non-hydrogen) atoms. The van der Waals surface area contributed by atoms with Gasteiger partial charge in [0.15, 0.2) is 16.1 Å². The largest absolute Gasteiger partial charge is 0.387 e. The van der Waals surface area contributed by atoms with Crippen molar-refractivity contribution in [2.75, 3.05) is 18.6 Å². The van der Waals surface area contributed by atoms with Crippen LogP contribution in [0.2, 0.25) is 0 Å². The van der Waals surface area contributed by atoms with Gasteiger partial charge in [-0.2, -0.15) is 0 Å². The predicted octanol–water partition coefficient (Wildman–Crippen LogP) is 4.30. The van der Waals surface area contributed by atoms with E-state index in [1.54, 1.807) is 0 Å². The molecule has 0 aliphatic carbocycles. The molecule has 1 N–H and O–H groups in total. The minimum atomic E-state index is -3.41. The fourth-order valence-electron chi connectivity index (χ4n) is 1.52. The van der Waals surface area contributed by atoms with Crippen molar-refractivity contribution in [1.29, 1.82) is 0 Å². The van der Waals surface area contributed by atoms with Gasteiger partial charge in [0.2, 0.25) is 0 Å². The average Bonchev–Trinajstić information content (AvgIpc) is 2.49. The minimum absolute atomic E-state index is 0.129. The molecule has 2 aromatic carbocycles. The molecule has 0 amide bonds. The number of sulfone groups is 1. The smallest absolute Gasteiger partial charge is 0.175 e. The lowest BCUT2D eigenvalue weighted by Gasteiger charge is -2.02. The topological polar surface area (TPSA) is 63.2 Å². The summed E-state index contributed by atoms with van der Waals surface area (Å²) in [5.74, 6) is -0.821. The minimum Gasteiger partial charge on any atom is -0.387 e. The second-order valence-electron chi connectivity index (χ2n) is 4.45. The third-order valence-corrected chi connectivity index (χ3v) is 5.02. The highest BCUT2D eigenvalue weighted by Crippen LogP contribution is 2.25. The van der Waals surface area contributed by atoms with Crippen molar-refractivity contribution < 1.29 is 17.6 Å². The maximum atomic E-state index is 12.9. The monoisotopic (exact) mass is 465 g/mol. The van der Waals surface area contributed by atoms with Crippen LogP contribution in [0.1, 0.15) is 10.4 Å². The Morgan fingerprint density at radius 1 is 1.13 bits per heavy atom. The number of carbonyl (C=O) groups is 1. The van der Waals surface area contributed by atoms with E-state index in [4.69, 9.17) is 0 Å². The van der Waals surface area contributed by atoms with E-state index in [9.17, 15) is 17.6 Å². The molecular formula is C15H14Br2FNO3S. The summed E-state index contributed by atoms with van der Waals surface area (Å²) in [6, 6.07) is 9.17. The highest BCUT2D eigenvalue weighted by atomic mass is 79.9. The summed E-state index contributed by atoms with van der Waals surface area (Å²) in [5.41, 5.74) is 0.946. The Morgan fingerprint density at radius 2 is 1.78 bits per heavy atom. The lowest BCUT2D eigenvalue weighted by atomic mass is 10.2. The number of carbonyl (C=O) groups excluding carboxylic acids is 1. The summed E-state index contributed by atoms with van der Waals surface area (Å²) >= 11 is 6.78. The molecule has 0 unspecified atom stereocenters. The van der Waals surface area contributed by atoms with Gasteiger partial charge in [-0.25, -0.2) is 12.8 Å². The molecule has 0 heterocycles. The zero-order valence-corrected chi connectivity index (χ0v) is 16.3. The van der Waals surface area contributed by atoms with Crippen LogP contribution in [0.25, 0.3) is 0 Å². The van der Waals surface area contributed by atoms with Crippen molar-refractivity contribution in [3.8, 4) is 0 Å². The summed E-state index contributed by atoms with van der Waals surface area (Å²) in [6.07, 6.45) is 1.31. The van der Waals surface area contributed by atoms with Crippen LogP contribution in [0.5, 0.6) is 0 Å². The summed E-state index contributed by atoms with van der Waals surface area (Å²) in [5, 5.41) is 3.06. The van der Waals surface area contributed by atoms with Crippen molar-refractivity contribution in [2.24, 2.45) is 0 Å². The van der Waals surface area contributed by atoms with Crippen molar-refractivity contribution in [2.45, 2.75) is 4.90 Å². The van der Waals surface area contributed by atoms with E-state index in [2.05, 4.69) is 37.2 Å². The zero-order chi connectivity index (χ0) is 17.6. The van der Waals surface area contributed by atoms with Crippen molar-refractivity contribution in [3.05, 3.63) is 56.7 Å². The molecule has 0 saturated carbocycles. The number of hydrogen-bond donors (Lipinski definition) is 1. The molecule has 124 valence electrons. The Bertz CT molecular complexity index is 810. The molecule has 0 fully saturated rings. The molecule has 0 saturated heterocycles. The van der Waals surface area contributed by atoms with E-state index in [-0.39, 0.29) is 10.5 Å². The van der Waals surface area contributed by atoms with Crippen LogP contribution in [-0.2, 0) is 9.84 Å². The number of aldehydes is 1. The highest BCUT2D eigenvalue weighted by molar-refractivity contribution is 9.11. The van der Waals surface area contributed by atoms with Crippen LogP contribution < -0.4 is 5.32 Å². The van der Waals surface area contributed by atoms with Gasteiger partial charge < -0.3 is 5.32 Å². The number of hydrogen-bond acceptors (Lipinski definition) is 4. The molecule has 0 aliphatic heterocycles. The zero-order valence-electron chi connectivity index (χ0n) is 12.3. The maximum absolute atomic E-state index is 12.9. The molecule has 0 aliphatic rings. The van der Waals surface area contributed by atoms with E-state index >= 15 is 0 Å². The Kier molecular flexibility index (Phi) is 7.37. The third kappa shape index (κ3) is 6.04. The average molecular weight is 467 g/mol. The summed E-state index contributed by atoms with van der Waals surface area (Å²) in [4.78, 5) is 10.1. The number of rotatable bonds is 3. The molecule has 2 rings (SSSR count). The fraction of sp³-hybridized carbons (Fsp3) is 0.133. The lowest BCUT2D eigenvalue weighted by molar-refractivity contribution is 0.111.